The summed E-state index contributed by atoms with van der Waals surface area (Å²) in [6.07, 6.45) is 5.15. The number of benzene rings is 1. The molecule has 2 aromatic rings. The number of carbonyl (C=O) groups is 1. The quantitative estimate of drug-likeness (QED) is 0.871. The lowest BCUT2D eigenvalue weighted by molar-refractivity contribution is 0.0606. The van der Waals surface area contributed by atoms with E-state index in [0.29, 0.717) is 10.4 Å². The van der Waals surface area contributed by atoms with Gasteiger partial charge in [-0.2, -0.15) is 5.10 Å². The van der Waals surface area contributed by atoms with Gasteiger partial charge in [0.05, 0.1) is 23.1 Å². The number of amides is 1. The summed E-state index contributed by atoms with van der Waals surface area (Å²) in [7, 11) is 0. The van der Waals surface area contributed by atoms with Crippen LogP contribution in [0.5, 0.6) is 0 Å². The maximum Gasteiger partial charge on any atom is 0.257 e. The molecule has 0 radical (unpaired) electrons. The van der Waals surface area contributed by atoms with Gasteiger partial charge < -0.3 is 10.2 Å². The number of hydrogen-bond donors (Lipinski definition) is 1. The van der Waals surface area contributed by atoms with Crippen molar-refractivity contribution in [1.29, 1.82) is 0 Å². The molecule has 1 N–H and O–H groups in total. The number of rotatable bonds is 3. The summed E-state index contributed by atoms with van der Waals surface area (Å²) in [6.45, 7) is 8.10. The zero-order valence-electron chi connectivity index (χ0n) is 16.0. The van der Waals surface area contributed by atoms with Gasteiger partial charge in [-0.15, -0.1) is 0 Å². The minimum atomic E-state index is 0.111. The Hall–Kier alpha value is -1.85. The maximum atomic E-state index is 13.3. The van der Waals surface area contributed by atoms with Crippen molar-refractivity contribution < 1.29 is 4.79 Å². The van der Waals surface area contributed by atoms with Crippen LogP contribution in [-0.4, -0.2) is 46.8 Å². The number of aromatic nitrogens is 2. The average molecular weight is 387 g/mol. The molecule has 2 saturated heterocycles. The molecule has 2 aliphatic heterocycles. The highest BCUT2D eigenvalue weighted by atomic mass is 35.5. The first-order valence-electron chi connectivity index (χ1n) is 9.83. The van der Waals surface area contributed by atoms with Crippen molar-refractivity contribution in [2.24, 2.45) is 5.41 Å². The fourth-order valence-electron chi connectivity index (χ4n) is 4.44. The minimum Gasteiger partial charge on any atom is -0.338 e. The number of nitrogens with one attached hydrogen (secondary N) is 1. The van der Waals surface area contributed by atoms with Crippen molar-refractivity contribution in [3.05, 3.63) is 46.7 Å². The van der Waals surface area contributed by atoms with Gasteiger partial charge >= 0.3 is 0 Å². The van der Waals surface area contributed by atoms with Crippen molar-refractivity contribution in [2.45, 2.75) is 39.0 Å². The monoisotopic (exact) mass is 386 g/mol. The molecule has 6 heteroatoms. The van der Waals surface area contributed by atoms with Gasteiger partial charge in [0.1, 0.15) is 0 Å². The van der Waals surface area contributed by atoms with Crippen molar-refractivity contribution >= 4 is 17.5 Å². The minimum absolute atomic E-state index is 0.111. The third-order valence-corrected chi connectivity index (χ3v) is 6.35. The summed E-state index contributed by atoms with van der Waals surface area (Å²) < 4.78 is 1.88. The predicted octanol–water partition coefficient (Wildman–Crippen LogP) is 3.86. The van der Waals surface area contributed by atoms with E-state index in [9.17, 15) is 4.79 Å². The number of piperidine rings is 1. The average Bonchev–Trinajstić information content (AvgIpc) is 3.30. The zero-order valence-corrected chi connectivity index (χ0v) is 16.8. The summed E-state index contributed by atoms with van der Waals surface area (Å²) in [5.74, 6) is 0.303. The molecule has 144 valence electrons. The summed E-state index contributed by atoms with van der Waals surface area (Å²) in [4.78, 5) is 15.3. The van der Waals surface area contributed by atoms with Gasteiger partial charge in [-0.3, -0.25) is 4.79 Å². The second-order valence-electron chi connectivity index (χ2n) is 8.21. The second-order valence-corrected chi connectivity index (χ2v) is 8.64. The molecule has 1 aromatic carbocycles. The van der Waals surface area contributed by atoms with Gasteiger partial charge in [-0.1, -0.05) is 25.4 Å². The molecule has 0 aliphatic carbocycles. The smallest absolute Gasteiger partial charge is 0.257 e. The van der Waals surface area contributed by atoms with E-state index in [1.807, 2.05) is 33.8 Å². The van der Waals surface area contributed by atoms with E-state index >= 15 is 0 Å². The van der Waals surface area contributed by atoms with Crippen LogP contribution < -0.4 is 5.32 Å². The summed E-state index contributed by atoms with van der Waals surface area (Å²) >= 11 is 6.02. The predicted molar refractivity (Wildman–Crippen MR) is 108 cm³/mol. The van der Waals surface area contributed by atoms with Crippen molar-refractivity contribution in [3.8, 4) is 5.69 Å². The number of carbonyl (C=O) groups excluding carboxylic acids is 1. The van der Waals surface area contributed by atoms with Gasteiger partial charge in [0.15, 0.2) is 0 Å². The Morgan fingerprint density at radius 1 is 1.19 bits per heavy atom. The van der Waals surface area contributed by atoms with Crippen LogP contribution in [0.2, 0.25) is 5.02 Å². The van der Waals surface area contributed by atoms with Crippen LogP contribution in [-0.2, 0) is 0 Å². The molecule has 1 aromatic heterocycles. The van der Waals surface area contributed by atoms with E-state index in [2.05, 4.69) is 24.3 Å². The maximum absolute atomic E-state index is 13.3. The summed E-state index contributed by atoms with van der Waals surface area (Å²) in [5, 5.41) is 8.71. The lowest BCUT2D eigenvalue weighted by Gasteiger charge is -2.39. The molecule has 0 unspecified atom stereocenters. The molecular formula is C21H27ClN4O. The molecule has 0 atom stereocenters. The Morgan fingerprint density at radius 3 is 2.48 bits per heavy atom. The third-order valence-electron chi connectivity index (χ3n) is 6.10. The summed E-state index contributed by atoms with van der Waals surface area (Å²) in [5.41, 5.74) is 3.02. The van der Waals surface area contributed by atoms with Crippen LogP contribution in [0.4, 0.5) is 0 Å². The first-order valence-corrected chi connectivity index (χ1v) is 10.2. The first-order chi connectivity index (χ1) is 13.0. The lowest BCUT2D eigenvalue weighted by Crippen LogP contribution is -2.44. The molecule has 3 heterocycles. The van der Waals surface area contributed by atoms with Gasteiger partial charge in [-0.25, -0.2) is 4.68 Å². The molecule has 2 fully saturated rings. The molecule has 0 saturated carbocycles. The van der Waals surface area contributed by atoms with Crippen molar-refractivity contribution in [3.63, 3.8) is 0 Å². The Labute approximate surface area is 165 Å². The second kappa shape index (κ2) is 7.28. The molecule has 0 bridgehead atoms. The molecule has 2 aliphatic rings. The van der Waals surface area contributed by atoms with Gasteiger partial charge in [0.25, 0.3) is 5.91 Å². The normalized spacial score (nSPS) is 19.2. The lowest BCUT2D eigenvalue weighted by atomic mass is 9.77. The van der Waals surface area contributed by atoms with Gasteiger partial charge in [0.2, 0.25) is 0 Å². The fourth-order valence-corrected chi connectivity index (χ4v) is 4.57. The van der Waals surface area contributed by atoms with Crippen LogP contribution in [0, 0.1) is 5.41 Å². The van der Waals surface area contributed by atoms with Gasteiger partial charge in [-0.05, 0) is 61.4 Å². The highest BCUT2D eigenvalue weighted by molar-refractivity contribution is 6.30. The van der Waals surface area contributed by atoms with Crippen molar-refractivity contribution in [1.82, 2.24) is 20.0 Å². The highest BCUT2D eigenvalue weighted by Crippen LogP contribution is 2.37. The summed E-state index contributed by atoms with van der Waals surface area (Å²) in [6, 6.07) is 7.58. The number of likely N-dealkylation sites (tertiary alicyclic amines) is 1. The SMILES string of the molecule is CC(C)c1c(C(=O)N2CCC3(CCNC3)CC2)cnn1-c1ccc(Cl)cc1. The third kappa shape index (κ3) is 3.50. The fraction of sp³-hybridized carbons (Fsp3) is 0.524. The van der Waals surface area contributed by atoms with Crippen LogP contribution in [0.3, 0.4) is 0 Å². The molecular weight excluding hydrogens is 360 g/mol. The van der Waals surface area contributed by atoms with Crippen LogP contribution in [0.25, 0.3) is 5.69 Å². The van der Waals surface area contributed by atoms with E-state index in [0.717, 1.165) is 56.0 Å². The van der Waals surface area contributed by atoms with Crippen molar-refractivity contribution in [2.75, 3.05) is 26.2 Å². The standard InChI is InChI=1S/C21H27ClN4O/c1-15(2)19-18(13-24-26(19)17-5-3-16(22)4-6-17)20(27)25-11-8-21(9-12-25)7-10-23-14-21/h3-6,13,15,23H,7-12,14H2,1-2H3. The highest BCUT2D eigenvalue weighted by Gasteiger charge is 2.38. The van der Waals surface area contributed by atoms with Crippen LogP contribution >= 0.6 is 11.6 Å². The van der Waals surface area contributed by atoms with Crippen LogP contribution in [0.1, 0.15) is 55.1 Å². The molecule has 5 nitrogen and oxygen atoms in total. The first kappa shape index (κ1) is 18.5. The van der Waals surface area contributed by atoms with E-state index < -0.39 is 0 Å². The number of nitrogens with zero attached hydrogens (tertiary/aromatic N) is 3. The largest absolute Gasteiger partial charge is 0.338 e. The van der Waals surface area contributed by atoms with E-state index in [1.165, 1.54) is 6.42 Å². The topological polar surface area (TPSA) is 50.2 Å². The van der Waals surface area contributed by atoms with Gasteiger partial charge in [0, 0.05) is 24.7 Å². The Balaban J connectivity index is 1.58. The Bertz CT molecular complexity index is 811. The Morgan fingerprint density at radius 2 is 1.89 bits per heavy atom. The Kier molecular flexibility index (Phi) is 4.99. The number of hydrogen-bond acceptors (Lipinski definition) is 3. The molecule has 27 heavy (non-hydrogen) atoms. The van der Waals surface area contributed by atoms with E-state index in [1.54, 1.807) is 6.20 Å². The van der Waals surface area contributed by atoms with Crippen LogP contribution in [0.15, 0.2) is 30.5 Å². The zero-order chi connectivity index (χ0) is 19.0. The number of halogens is 1. The molecule has 4 rings (SSSR count). The molecule has 1 spiro atoms. The molecule has 1 amide bonds. The van der Waals surface area contributed by atoms with E-state index in [-0.39, 0.29) is 11.8 Å². The van der Waals surface area contributed by atoms with E-state index in [4.69, 9.17) is 11.6 Å².